The molecule has 6 heteroatoms. The van der Waals surface area contributed by atoms with Crippen molar-refractivity contribution in [3.63, 3.8) is 0 Å². The van der Waals surface area contributed by atoms with Crippen LogP contribution in [0.25, 0.3) is 0 Å². The van der Waals surface area contributed by atoms with Gasteiger partial charge < -0.3 is 10.4 Å². The molecule has 0 aliphatic heterocycles. The van der Waals surface area contributed by atoms with Gasteiger partial charge >= 0.3 is 5.97 Å². The minimum atomic E-state index is -1.03. The number of aromatic nitrogens is 1. The zero-order chi connectivity index (χ0) is 13.8. The first-order valence-corrected chi connectivity index (χ1v) is 6.60. The number of thiazole rings is 1. The summed E-state index contributed by atoms with van der Waals surface area (Å²) in [6, 6.07) is 0. The van der Waals surface area contributed by atoms with E-state index in [0.29, 0.717) is 13.0 Å². The van der Waals surface area contributed by atoms with Crippen LogP contribution in [-0.2, 0) is 16.0 Å². The van der Waals surface area contributed by atoms with Gasteiger partial charge in [-0.25, -0.2) is 4.98 Å². The number of nitrogens with one attached hydrogen (secondary N) is 1. The van der Waals surface area contributed by atoms with Gasteiger partial charge in [-0.15, -0.1) is 11.3 Å². The highest BCUT2D eigenvalue weighted by atomic mass is 32.1. The second kappa shape index (κ2) is 5.95. The first kappa shape index (κ1) is 14.6. The van der Waals surface area contributed by atoms with Crippen molar-refractivity contribution >= 4 is 23.2 Å². The number of amides is 1. The number of nitrogens with zero attached hydrogens (tertiary/aromatic N) is 1. The molecule has 0 fully saturated rings. The highest BCUT2D eigenvalue weighted by molar-refractivity contribution is 7.09. The highest BCUT2D eigenvalue weighted by Gasteiger charge is 2.29. The molecule has 0 aliphatic carbocycles. The molecule has 1 amide bonds. The highest BCUT2D eigenvalue weighted by Crippen LogP contribution is 2.19. The normalized spacial score (nSPS) is 11.3. The predicted molar refractivity (Wildman–Crippen MR) is 69.6 cm³/mol. The first-order chi connectivity index (χ1) is 8.31. The van der Waals surface area contributed by atoms with Crippen molar-refractivity contribution in [3.05, 3.63) is 16.1 Å². The SMILES string of the molecule is Cc1nc(CCNC(=O)CC(C)(C)C(=O)O)cs1. The molecule has 0 atom stereocenters. The Bertz CT molecular complexity index is 440. The van der Waals surface area contributed by atoms with Crippen LogP contribution in [0.3, 0.4) is 0 Å². The molecular formula is C12H18N2O3S. The van der Waals surface area contributed by atoms with E-state index in [1.165, 1.54) is 0 Å². The minimum absolute atomic E-state index is 0.0154. The number of carbonyl (C=O) groups excluding carboxylic acids is 1. The molecule has 1 heterocycles. The maximum Gasteiger partial charge on any atom is 0.309 e. The number of carboxylic acid groups (broad SMARTS) is 1. The fourth-order valence-corrected chi connectivity index (χ4v) is 2.04. The topological polar surface area (TPSA) is 79.3 Å². The third-order valence-electron chi connectivity index (χ3n) is 2.55. The van der Waals surface area contributed by atoms with E-state index in [-0.39, 0.29) is 12.3 Å². The summed E-state index contributed by atoms with van der Waals surface area (Å²) in [6.07, 6.45) is 0.655. The molecule has 0 unspecified atom stereocenters. The second-order valence-electron chi connectivity index (χ2n) is 4.82. The van der Waals surface area contributed by atoms with Gasteiger partial charge in [-0.05, 0) is 20.8 Å². The number of rotatable bonds is 6. The zero-order valence-electron chi connectivity index (χ0n) is 10.8. The third-order valence-corrected chi connectivity index (χ3v) is 3.37. The molecule has 5 nitrogen and oxygen atoms in total. The molecule has 2 N–H and O–H groups in total. The predicted octanol–water partition coefficient (Wildman–Crippen LogP) is 1.61. The van der Waals surface area contributed by atoms with Crippen LogP contribution in [0.2, 0.25) is 0 Å². The molecule has 0 saturated carbocycles. The fourth-order valence-electron chi connectivity index (χ4n) is 1.39. The van der Waals surface area contributed by atoms with E-state index in [4.69, 9.17) is 5.11 Å². The second-order valence-corrected chi connectivity index (χ2v) is 5.89. The Morgan fingerprint density at radius 3 is 2.67 bits per heavy atom. The Balaban J connectivity index is 2.32. The molecule has 100 valence electrons. The van der Waals surface area contributed by atoms with E-state index in [0.717, 1.165) is 10.7 Å². The number of hydrogen-bond acceptors (Lipinski definition) is 4. The molecule has 0 aliphatic rings. The summed E-state index contributed by atoms with van der Waals surface area (Å²) in [6.45, 7) is 5.50. The van der Waals surface area contributed by atoms with E-state index in [1.54, 1.807) is 25.2 Å². The molecule has 0 bridgehead atoms. The summed E-state index contributed by atoms with van der Waals surface area (Å²) in [4.78, 5) is 26.7. The van der Waals surface area contributed by atoms with Gasteiger partial charge in [0.25, 0.3) is 0 Å². The Kier molecular flexibility index (Phi) is 4.84. The third kappa shape index (κ3) is 4.44. The number of aliphatic carboxylic acids is 1. The van der Waals surface area contributed by atoms with Crippen molar-refractivity contribution in [1.29, 1.82) is 0 Å². The lowest BCUT2D eigenvalue weighted by Gasteiger charge is -2.17. The van der Waals surface area contributed by atoms with E-state index in [1.807, 2.05) is 12.3 Å². The van der Waals surface area contributed by atoms with Gasteiger partial charge in [0.05, 0.1) is 16.1 Å². The van der Waals surface area contributed by atoms with Crippen LogP contribution >= 0.6 is 11.3 Å². The van der Waals surface area contributed by atoms with Crippen molar-refractivity contribution in [3.8, 4) is 0 Å². The Hall–Kier alpha value is -1.43. The van der Waals surface area contributed by atoms with Crippen molar-refractivity contribution in [2.24, 2.45) is 5.41 Å². The number of aryl methyl sites for hydroxylation is 1. The first-order valence-electron chi connectivity index (χ1n) is 5.72. The maximum absolute atomic E-state index is 11.6. The van der Waals surface area contributed by atoms with Gasteiger partial charge in [-0.1, -0.05) is 0 Å². The number of carboxylic acids is 1. The molecule has 0 saturated heterocycles. The zero-order valence-corrected chi connectivity index (χ0v) is 11.6. The van der Waals surface area contributed by atoms with E-state index in [9.17, 15) is 9.59 Å². The maximum atomic E-state index is 11.6. The Morgan fingerprint density at radius 1 is 1.50 bits per heavy atom. The van der Waals surface area contributed by atoms with Crippen LogP contribution < -0.4 is 5.32 Å². The summed E-state index contributed by atoms with van der Waals surface area (Å²) in [5.74, 6) is -1.21. The lowest BCUT2D eigenvalue weighted by molar-refractivity contribution is -0.149. The lowest BCUT2D eigenvalue weighted by Crippen LogP contribution is -2.34. The van der Waals surface area contributed by atoms with Crippen LogP contribution in [0.15, 0.2) is 5.38 Å². The molecule has 1 rings (SSSR count). The quantitative estimate of drug-likeness (QED) is 0.823. The van der Waals surface area contributed by atoms with Gasteiger partial charge in [-0.3, -0.25) is 9.59 Å². The largest absolute Gasteiger partial charge is 0.481 e. The average Bonchev–Trinajstić information content (AvgIpc) is 2.63. The summed E-state index contributed by atoms with van der Waals surface area (Å²) < 4.78 is 0. The summed E-state index contributed by atoms with van der Waals surface area (Å²) in [7, 11) is 0. The van der Waals surface area contributed by atoms with Crippen molar-refractivity contribution in [2.45, 2.75) is 33.6 Å². The molecule has 1 aromatic rings. The fraction of sp³-hybridized carbons (Fsp3) is 0.583. The Labute approximate surface area is 110 Å². The van der Waals surface area contributed by atoms with Crippen LogP contribution in [0.4, 0.5) is 0 Å². The summed E-state index contributed by atoms with van der Waals surface area (Å²) in [5, 5.41) is 14.6. The molecule has 0 aromatic carbocycles. The van der Waals surface area contributed by atoms with Crippen LogP contribution in [-0.4, -0.2) is 28.5 Å². The van der Waals surface area contributed by atoms with Crippen molar-refractivity contribution < 1.29 is 14.7 Å². The van der Waals surface area contributed by atoms with Gasteiger partial charge in [0.15, 0.2) is 0 Å². The van der Waals surface area contributed by atoms with Gasteiger partial charge in [0, 0.05) is 24.8 Å². The van der Waals surface area contributed by atoms with E-state index in [2.05, 4.69) is 10.3 Å². The van der Waals surface area contributed by atoms with E-state index >= 15 is 0 Å². The molecule has 0 spiro atoms. The molecular weight excluding hydrogens is 252 g/mol. The van der Waals surface area contributed by atoms with Gasteiger partial charge in [-0.2, -0.15) is 0 Å². The Morgan fingerprint density at radius 2 is 2.17 bits per heavy atom. The van der Waals surface area contributed by atoms with Crippen molar-refractivity contribution in [2.75, 3.05) is 6.54 Å². The smallest absolute Gasteiger partial charge is 0.309 e. The van der Waals surface area contributed by atoms with Crippen LogP contribution in [0, 0.1) is 12.3 Å². The number of carbonyl (C=O) groups is 2. The van der Waals surface area contributed by atoms with Crippen molar-refractivity contribution in [1.82, 2.24) is 10.3 Å². The monoisotopic (exact) mass is 270 g/mol. The lowest BCUT2D eigenvalue weighted by atomic mass is 9.89. The molecule has 0 radical (unpaired) electrons. The molecule has 1 aromatic heterocycles. The van der Waals surface area contributed by atoms with Gasteiger partial charge in [0.2, 0.25) is 5.91 Å². The standard InChI is InChI=1S/C12H18N2O3S/c1-8-14-9(7-18-8)4-5-13-10(15)6-12(2,3)11(16)17/h7H,4-6H2,1-3H3,(H,13,15)(H,16,17). The number of hydrogen-bond donors (Lipinski definition) is 2. The van der Waals surface area contributed by atoms with Crippen LogP contribution in [0.5, 0.6) is 0 Å². The van der Waals surface area contributed by atoms with Crippen LogP contribution in [0.1, 0.15) is 31.0 Å². The summed E-state index contributed by atoms with van der Waals surface area (Å²) >= 11 is 1.58. The molecule has 18 heavy (non-hydrogen) atoms. The average molecular weight is 270 g/mol. The van der Waals surface area contributed by atoms with Gasteiger partial charge in [0.1, 0.15) is 0 Å². The van der Waals surface area contributed by atoms with E-state index < -0.39 is 11.4 Å². The minimum Gasteiger partial charge on any atom is -0.481 e. The summed E-state index contributed by atoms with van der Waals surface area (Å²) in [5.41, 5.74) is -0.0725.